The second-order valence-electron chi connectivity index (χ2n) is 6.96. The third-order valence-electron chi connectivity index (χ3n) is 4.96. The summed E-state index contributed by atoms with van der Waals surface area (Å²) in [6.45, 7) is 2.35. The Kier molecular flexibility index (Phi) is 7.56. The van der Waals surface area contributed by atoms with E-state index < -0.39 is 11.7 Å². The highest BCUT2D eigenvalue weighted by atomic mass is 19.4. The molecule has 0 atom stereocenters. The maximum absolute atomic E-state index is 12.7. The number of amides is 1. The van der Waals surface area contributed by atoms with E-state index in [0.717, 1.165) is 43.7 Å². The molecule has 1 saturated carbocycles. The predicted octanol–water partition coefficient (Wildman–Crippen LogP) is 5.17. The van der Waals surface area contributed by atoms with Gasteiger partial charge in [-0.15, -0.1) is 0 Å². The van der Waals surface area contributed by atoms with E-state index in [4.69, 9.17) is 0 Å². The first-order valence-electron chi connectivity index (χ1n) is 9.34. The Morgan fingerprint density at radius 3 is 2.62 bits per heavy atom. The Balaban J connectivity index is 1.77. The lowest BCUT2D eigenvalue weighted by molar-refractivity contribution is -0.137. The molecule has 0 aliphatic heterocycles. The zero-order valence-electron chi connectivity index (χ0n) is 15.2. The summed E-state index contributed by atoms with van der Waals surface area (Å²) in [6, 6.07) is 4.90. The zero-order valence-corrected chi connectivity index (χ0v) is 15.2. The second-order valence-corrected chi connectivity index (χ2v) is 6.96. The summed E-state index contributed by atoms with van der Waals surface area (Å²) in [6.07, 6.45) is 3.40. The van der Waals surface area contributed by atoms with Crippen molar-refractivity contribution in [2.45, 2.75) is 58.0 Å². The van der Waals surface area contributed by atoms with E-state index >= 15 is 0 Å². The van der Waals surface area contributed by atoms with Crippen molar-refractivity contribution in [3.63, 3.8) is 0 Å². The van der Waals surface area contributed by atoms with Crippen LogP contribution in [0.2, 0.25) is 0 Å². The van der Waals surface area contributed by atoms with Gasteiger partial charge in [0.25, 0.3) is 0 Å². The van der Waals surface area contributed by atoms with Gasteiger partial charge in [-0.2, -0.15) is 13.2 Å². The normalized spacial score (nSPS) is 20.2. The molecular weight excluding hydrogens is 339 g/mol. The summed E-state index contributed by atoms with van der Waals surface area (Å²) in [4.78, 5) is 12.2. The van der Waals surface area contributed by atoms with E-state index in [-0.39, 0.29) is 18.4 Å². The summed E-state index contributed by atoms with van der Waals surface area (Å²) in [5.41, 5.74) is -0.418. The molecule has 1 aromatic carbocycles. The number of carbonyl (C=O) groups excluding carboxylic acids is 1. The molecule has 1 N–H and O–H groups in total. The SMILES string of the molecule is CCCCC1CCC(C(=O)NCC#Cc2cccc(C(F)(F)F)c2)CC1. The van der Waals surface area contributed by atoms with Crippen LogP contribution in [-0.4, -0.2) is 12.5 Å². The zero-order chi connectivity index (χ0) is 19.0. The third kappa shape index (κ3) is 6.40. The van der Waals surface area contributed by atoms with E-state index in [2.05, 4.69) is 24.1 Å². The Morgan fingerprint density at radius 2 is 1.96 bits per heavy atom. The molecule has 0 heterocycles. The van der Waals surface area contributed by atoms with Crippen molar-refractivity contribution in [3.8, 4) is 11.8 Å². The van der Waals surface area contributed by atoms with Crippen LogP contribution in [0.3, 0.4) is 0 Å². The standard InChI is InChI=1S/C21H26F3NO/c1-2-3-6-16-10-12-18(13-11-16)20(26)25-14-5-8-17-7-4-9-19(15-17)21(22,23)24/h4,7,9,15-16,18H,2-3,6,10-14H2,1H3,(H,25,26). The van der Waals surface area contributed by atoms with Gasteiger partial charge in [0.2, 0.25) is 5.91 Å². The largest absolute Gasteiger partial charge is 0.416 e. The minimum absolute atomic E-state index is 0.0114. The van der Waals surface area contributed by atoms with Gasteiger partial charge in [0.05, 0.1) is 12.1 Å². The first-order valence-corrected chi connectivity index (χ1v) is 9.34. The van der Waals surface area contributed by atoms with Crippen molar-refractivity contribution in [1.29, 1.82) is 0 Å². The van der Waals surface area contributed by atoms with Crippen molar-refractivity contribution in [2.75, 3.05) is 6.54 Å². The quantitative estimate of drug-likeness (QED) is 0.717. The van der Waals surface area contributed by atoms with Crippen LogP contribution in [-0.2, 0) is 11.0 Å². The molecule has 142 valence electrons. The lowest BCUT2D eigenvalue weighted by Gasteiger charge is -2.27. The molecule has 0 unspecified atom stereocenters. The number of rotatable bonds is 5. The van der Waals surface area contributed by atoms with Crippen molar-refractivity contribution in [1.82, 2.24) is 5.32 Å². The Morgan fingerprint density at radius 1 is 1.23 bits per heavy atom. The van der Waals surface area contributed by atoms with E-state index in [0.29, 0.717) is 5.56 Å². The Bertz CT molecular complexity index is 649. The predicted molar refractivity (Wildman–Crippen MR) is 96.3 cm³/mol. The highest BCUT2D eigenvalue weighted by Gasteiger charge is 2.30. The van der Waals surface area contributed by atoms with Crippen LogP contribution >= 0.6 is 0 Å². The summed E-state index contributed by atoms with van der Waals surface area (Å²) in [7, 11) is 0. The van der Waals surface area contributed by atoms with Crippen molar-refractivity contribution in [2.24, 2.45) is 11.8 Å². The fourth-order valence-electron chi connectivity index (χ4n) is 3.40. The fourth-order valence-corrected chi connectivity index (χ4v) is 3.40. The first-order chi connectivity index (χ1) is 12.4. The first kappa shape index (κ1) is 20.4. The highest BCUT2D eigenvalue weighted by Crippen LogP contribution is 2.32. The van der Waals surface area contributed by atoms with Gasteiger partial charge in [-0.1, -0.05) is 44.1 Å². The molecule has 0 saturated heterocycles. The molecule has 0 radical (unpaired) electrons. The molecular formula is C21H26F3NO. The molecule has 1 amide bonds. The van der Waals surface area contributed by atoms with Crippen LogP contribution in [0.1, 0.15) is 63.0 Å². The van der Waals surface area contributed by atoms with E-state index in [1.807, 2.05) is 0 Å². The number of hydrogen-bond acceptors (Lipinski definition) is 1. The lowest BCUT2D eigenvalue weighted by Crippen LogP contribution is -2.33. The van der Waals surface area contributed by atoms with Gasteiger partial charge in [0.1, 0.15) is 0 Å². The molecule has 1 aliphatic rings. The molecule has 26 heavy (non-hydrogen) atoms. The van der Waals surface area contributed by atoms with Crippen LogP contribution in [0, 0.1) is 23.7 Å². The van der Waals surface area contributed by atoms with Gasteiger partial charge in [0.15, 0.2) is 0 Å². The number of carbonyl (C=O) groups is 1. The van der Waals surface area contributed by atoms with Gasteiger partial charge in [-0.3, -0.25) is 4.79 Å². The van der Waals surface area contributed by atoms with E-state index in [1.165, 1.54) is 31.4 Å². The Hall–Kier alpha value is -1.96. The maximum atomic E-state index is 12.7. The van der Waals surface area contributed by atoms with Crippen LogP contribution in [0.15, 0.2) is 24.3 Å². The minimum Gasteiger partial charge on any atom is -0.345 e. The van der Waals surface area contributed by atoms with Gasteiger partial charge >= 0.3 is 6.18 Å². The van der Waals surface area contributed by atoms with Crippen molar-refractivity contribution < 1.29 is 18.0 Å². The number of hydrogen-bond donors (Lipinski definition) is 1. The summed E-state index contributed by atoms with van der Waals surface area (Å²) < 4.78 is 38.0. The molecule has 1 fully saturated rings. The number of benzene rings is 1. The molecule has 0 spiro atoms. The summed E-state index contributed by atoms with van der Waals surface area (Å²) in [5, 5.41) is 2.79. The number of unbranched alkanes of at least 4 members (excludes halogenated alkanes) is 1. The van der Waals surface area contributed by atoms with E-state index in [9.17, 15) is 18.0 Å². The molecule has 0 bridgehead atoms. The van der Waals surface area contributed by atoms with Gasteiger partial charge in [-0.05, 0) is 49.8 Å². The van der Waals surface area contributed by atoms with Crippen LogP contribution in [0.5, 0.6) is 0 Å². The molecule has 1 aromatic rings. The second kappa shape index (κ2) is 9.66. The van der Waals surface area contributed by atoms with Crippen LogP contribution < -0.4 is 5.32 Å². The fraction of sp³-hybridized carbons (Fsp3) is 0.571. The summed E-state index contributed by atoms with van der Waals surface area (Å²) in [5.74, 6) is 6.22. The third-order valence-corrected chi connectivity index (χ3v) is 4.96. The number of halogens is 3. The number of nitrogens with one attached hydrogen (secondary N) is 1. The smallest absolute Gasteiger partial charge is 0.345 e. The van der Waals surface area contributed by atoms with Gasteiger partial charge in [-0.25, -0.2) is 0 Å². The minimum atomic E-state index is -4.37. The highest BCUT2D eigenvalue weighted by molar-refractivity contribution is 5.78. The van der Waals surface area contributed by atoms with Crippen LogP contribution in [0.25, 0.3) is 0 Å². The topological polar surface area (TPSA) is 29.1 Å². The van der Waals surface area contributed by atoms with Crippen molar-refractivity contribution >= 4 is 5.91 Å². The molecule has 5 heteroatoms. The lowest BCUT2D eigenvalue weighted by atomic mass is 9.79. The molecule has 2 nitrogen and oxygen atoms in total. The molecule has 2 rings (SSSR count). The average Bonchev–Trinajstić information content (AvgIpc) is 2.63. The monoisotopic (exact) mass is 365 g/mol. The van der Waals surface area contributed by atoms with Gasteiger partial charge < -0.3 is 5.32 Å². The molecule has 0 aromatic heterocycles. The van der Waals surface area contributed by atoms with Crippen molar-refractivity contribution in [3.05, 3.63) is 35.4 Å². The maximum Gasteiger partial charge on any atom is 0.416 e. The average molecular weight is 365 g/mol. The number of alkyl halides is 3. The summed E-state index contributed by atoms with van der Waals surface area (Å²) >= 11 is 0. The van der Waals surface area contributed by atoms with Gasteiger partial charge in [0, 0.05) is 11.5 Å². The molecule has 1 aliphatic carbocycles. The Labute approximate surface area is 153 Å². The van der Waals surface area contributed by atoms with E-state index in [1.54, 1.807) is 0 Å². The van der Waals surface area contributed by atoms with Crippen LogP contribution in [0.4, 0.5) is 13.2 Å².